The molecule has 3 N–H and O–H groups in total. The minimum absolute atomic E-state index is 0.0397. The van der Waals surface area contributed by atoms with E-state index in [1.807, 2.05) is 0 Å². The van der Waals surface area contributed by atoms with Gasteiger partial charge in [-0.15, -0.1) is 0 Å². The summed E-state index contributed by atoms with van der Waals surface area (Å²) >= 11 is 5.70. The van der Waals surface area contributed by atoms with Crippen LogP contribution in [0.2, 0.25) is 5.02 Å². The molecule has 0 fully saturated rings. The molecule has 1 aromatic carbocycles. The average molecular weight is 289 g/mol. The number of nitrogens with one attached hydrogen (secondary N) is 1. The molecule has 0 spiro atoms. The van der Waals surface area contributed by atoms with Gasteiger partial charge in [-0.1, -0.05) is 11.6 Å². The van der Waals surface area contributed by atoms with Crippen LogP contribution in [-0.4, -0.2) is 9.97 Å². The first-order valence-electron chi connectivity index (χ1n) is 5.09. The minimum Gasteiger partial charge on any atom is -0.384 e. The number of hydrogen-bond donors (Lipinski definition) is 2. The SMILES string of the molecule is Nc1cc(Nc2ccc(Cl)cc2)nc(C(F)(F)F)n1. The van der Waals surface area contributed by atoms with E-state index in [0.29, 0.717) is 10.7 Å². The van der Waals surface area contributed by atoms with E-state index >= 15 is 0 Å². The average Bonchev–Trinajstić information content (AvgIpc) is 2.30. The van der Waals surface area contributed by atoms with Crippen molar-refractivity contribution in [2.24, 2.45) is 0 Å². The summed E-state index contributed by atoms with van der Waals surface area (Å²) in [5.41, 5.74) is 5.86. The number of nitrogens with two attached hydrogens (primary N) is 1. The molecule has 0 unspecified atom stereocenters. The number of nitrogens with zero attached hydrogens (tertiary/aromatic N) is 2. The lowest BCUT2D eigenvalue weighted by Gasteiger charge is -2.10. The predicted molar refractivity (Wildman–Crippen MR) is 66.2 cm³/mol. The maximum atomic E-state index is 12.5. The van der Waals surface area contributed by atoms with Gasteiger partial charge in [0.2, 0.25) is 5.82 Å². The first kappa shape index (κ1) is 13.4. The molecule has 2 rings (SSSR count). The van der Waals surface area contributed by atoms with Crippen LogP contribution in [0.3, 0.4) is 0 Å². The van der Waals surface area contributed by atoms with E-state index in [4.69, 9.17) is 17.3 Å². The van der Waals surface area contributed by atoms with Gasteiger partial charge >= 0.3 is 6.18 Å². The lowest BCUT2D eigenvalue weighted by molar-refractivity contribution is -0.144. The minimum atomic E-state index is -4.65. The van der Waals surface area contributed by atoms with Gasteiger partial charge in [0.05, 0.1) is 0 Å². The lowest BCUT2D eigenvalue weighted by Crippen LogP contribution is -2.13. The van der Waals surface area contributed by atoms with Crippen molar-refractivity contribution >= 4 is 28.9 Å². The summed E-state index contributed by atoms with van der Waals surface area (Å²) in [6, 6.07) is 7.61. The molecule has 4 nitrogen and oxygen atoms in total. The molecule has 0 saturated carbocycles. The van der Waals surface area contributed by atoms with Gasteiger partial charge in [0.1, 0.15) is 11.6 Å². The van der Waals surface area contributed by atoms with E-state index in [-0.39, 0.29) is 11.6 Å². The molecule has 0 amide bonds. The van der Waals surface area contributed by atoms with Gasteiger partial charge in [0.15, 0.2) is 0 Å². The standard InChI is InChI=1S/C11H8ClF3N4/c12-6-1-3-7(4-2-6)17-9-5-8(16)18-10(19-9)11(13,14)15/h1-5H,(H3,16,17,18,19). The number of alkyl halides is 3. The van der Waals surface area contributed by atoms with Crippen LogP contribution in [0.5, 0.6) is 0 Å². The van der Waals surface area contributed by atoms with Crippen LogP contribution in [0, 0.1) is 0 Å². The quantitative estimate of drug-likeness (QED) is 0.888. The Morgan fingerprint density at radius 3 is 2.32 bits per heavy atom. The highest BCUT2D eigenvalue weighted by Gasteiger charge is 2.35. The van der Waals surface area contributed by atoms with E-state index in [1.165, 1.54) is 6.07 Å². The molecule has 2 aromatic rings. The Morgan fingerprint density at radius 1 is 1.11 bits per heavy atom. The van der Waals surface area contributed by atoms with Gasteiger partial charge in [-0.25, -0.2) is 9.97 Å². The molecule has 0 bridgehead atoms. The Kier molecular flexibility index (Phi) is 3.48. The summed E-state index contributed by atoms with van der Waals surface area (Å²) in [7, 11) is 0. The maximum absolute atomic E-state index is 12.5. The van der Waals surface area contributed by atoms with E-state index in [2.05, 4.69) is 15.3 Å². The van der Waals surface area contributed by atoms with Crippen molar-refractivity contribution in [2.75, 3.05) is 11.1 Å². The van der Waals surface area contributed by atoms with Crippen molar-refractivity contribution in [1.29, 1.82) is 0 Å². The van der Waals surface area contributed by atoms with Crippen molar-refractivity contribution in [3.63, 3.8) is 0 Å². The van der Waals surface area contributed by atoms with E-state index < -0.39 is 12.0 Å². The number of benzene rings is 1. The highest BCUT2D eigenvalue weighted by Crippen LogP contribution is 2.28. The Balaban J connectivity index is 2.30. The molecular formula is C11H8ClF3N4. The number of rotatable bonds is 2. The second kappa shape index (κ2) is 4.93. The second-order valence-corrected chi connectivity index (χ2v) is 4.07. The topological polar surface area (TPSA) is 63.8 Å². The molecule has 0 saturated heterocycles. The normalized spacial score (nSPS) is 11.4. The fraction of sp³-hybridized carbons (Fsp3) is 0.0909. The molecule has 1 aromatic heterocycles. The van der Waals surface area contributed by atoms with Crippen LogP contribution < -0.4 is 11.1 Å². The Labute approximate surface area is 111 Å². The summed E-state index contributed by atoms with van der Waals surface area (Å²) in [5, 5.41) is 3.21. The smallest absolute Gasteiger partial charge is 0.384 e. The van der Waals surface area contributed by atoms with Crippen LogP contribution >= 0.6 is 11.6 Å². The Hall–Kier alpha value is -2.02. The Morgan fingerprint density at radius 2 is 1.74 bits per heavy atom. The summed E-state index contributed by atoms with van der Waals surface area (Å²) in [4.78, 5) is 6.50. The monoisotopic (exact) mass is 288 g/mol. The fourth-order valence-corrected chi connectivity index (χ4v) is 1.46. The van der Waals surface area contributed by atoms with Crippen LogP contribution in [0.25, 0.3) is 0 Å². The van der Waals surface area contributed by atoms with Gasteiger partial charge in [0, 0.05) is 16.8 Å². The van der Waals surface area contributed by atoms with Crippen molar-refractivity contribution < 1.29 is 13.2 Å². The maximum Gasteiger partial charge on any atom is 0.451 e. The van der Waals surface area contributed by atoms with Gasteiger partial charge in [-0.3, -0.25) is 0 Å². The first-order valence-corrected chi connectivity index (χ1v) is 5.47. The third kappa shape index (κ3) is 3.47. The second-order valence-electron chi connectivity index (χ2n) is 3.63. The molecule has 0 aliphatic rings. The van der Waals surface area contributed by atoms with Gasteiger partial charge in [0.25, 0.3) is 0 Å². The van der Waals surface area contributed by atoms with Crippen LogP contribution in [0.4, 0.5) is 30.5 Å². The zero-order chi connectivity index (χ0) is 14.0. The number of hydrogen-bond acceptors (Lipinski definition) is 4. The van der Waals surface area contributed by atoms with Gasteiger partial charge in [-0.2, -0.15) is 13.2 Å². The number of halogens is 4. The number of anilines is 3. The zero-order valence-electron chi connectivity index (χ0n) is 9.37. The molecule has 8 heteroatoms. The van der Waals surface area contributed by atoms with E-state index in [9.17, 15) is 13.2 Å². The van der Waals surface area contributed by atoms with Crippen LogP contribution in [0.1, 0.15) is 5.82 Å². The van der Waals surface area contributed by atoms with E-state index in [1.54, 1.807) is 24.3 Å². The summed E-state index contributed by atoms with van der Waals surface area (Å²) in [5.74, 6) is -1.59. The molecule has 0 atom stereocenters. The van der Waals surface area contributed by atoms with Crippen molar-refractivity contribution in [2.45, 2.75) is 6.18 Å². The van der Waals surface area contributed by atoms with Gasteiger partial charge < -0.3 is 11.1 Å². The molecular weight excluding hydrogens is 281 g/mol. The molecule has 0 radical (unpaired) electrons. The lowest BCUT2D eigenvalue weighted by atomic mass is 10.3. The number of aromatic nitrogens is 2. The molecule has 100 valence electrons. The fourth-order valence-electron chi connectivity index (χ4n) is 1.34. The van der Waals surface area contributed by atoms with E-state index in [0.717, 1.165) is 0 Å². The van der Waals surface area contributed by atoms with Gasteiger partial charge in [-0.05, 0) is 24.3 Å². The third-order valence-electron chi connectivity index (χ3n) is 2.12. The molecule has 0 aliphatic carbocycles. The van der Waals surface area contributed by atoms with Crippen LogP contribution in [0.15, 0.2) is 30.3 Å². The predicted octanol–water partition coefficient (Wildman–Crippen LogP) is 3.47. The third-order valence-corrected chi connectivity index (χ3v) is 2.37. The highest BCUT2D eigenvalue weighted by atomic mass is 35.5. The largest absolute Gasteiger partial charge is 0.451 e. The first-order chi connectivity index (χ1) is 8.84. The summed E-state index contributed by atoms with van der Waals surface area (Å²) in [6.45, 7) is 0. The molecule has 1 heterocycles. The molecule has 0 aliphatic heterocycles. The highest BCUT2D eigenvalue weighted by molar-refractivity contribution is 6.30. The summed E-state index contributed by atoms with van der Waals surface area (Å²) < 4.78 is 37.5. The molecule has 19 heavy (non-hydrogen) atoms. The van der Waals surface area contributed by atoms with Crippen molar-refractivity contribution in [3.8, 4) is 0 Å². The Bertz CT molecular complexity index is 583. The summed E-state index contributed by atoms with van der Waals surface area (Å²) in [6.07, 6.45) is -4.65. The van der Waals surface area contributed by atoms with Crippen LogP contribution in [-0.2, 0) is 6.18 Å². The van der Waals surface area contributed by atoms with Crippen molar-refractivity contribution in [3.05, 3.63) is 41.2 Å². The van der Waals surface area contributed by atoms with Crippen molar-refractivity contribution in [1.82, 2.24) is 9.97 Å². The number of nitrogen functional groups attached to an aromatic ring is 1. The zero-order valence-corrected chi connectivity index (χ0v) is 10.1.